The van der Waals surface area contributed by atoms with E-state index >= 15 is 0 Å². The Balaban J connectivity index is 2.25. The van der Waals surface area contributed by atoms with E-state index in [0.29, 0.717) is 0 Å². The van der Waals surface area contributed by atoms with Crippen molar-refractivity contribution in [3.05, 3.63) is 45.9 Å². The highest BCUT2D eigenvalue weighted by atomic mass is 127. The highest BCUT2D eigenvalue weighted by Crippen LogP contribution is 2.20. The number of aryl methyl sites for hydroxylation is 1. The summed E-state index contributed by atoms with van der Waals surface area (Å²) in [7, 11) is 0. The maximum absolute atomic E-state index is 4.11. The molecule has 0 unspecified atom stereocenters. The molecule has 0 aliphatic carbocycles. The van der Waals surface area contributed by atoms with Gasteiger partial charge in [-0.25, -0.2) is 9.97 Å². The first-order valence-electron chi connectivity index (χ1n) is 4.55. The second-order valence-corrected chi connectivity index (χ2v) is 4.42. The smallest absolute Gasteiger partial charge is 0.133 e. The van der Waals surface area contributed by atoms with Crippen LogP contribution in [0.25, 0.3) is 0 Å². The molecule has 0 saturated carbocycles. The summed E-state index contributed by atoms with van der Waals surface area (Å²) in [6, 6.07) is 8.10. The number of halogens is 1. The Hall–Kier alpha value is -1.17. The summed E-state index contributed by atoms with van der Waals surface area (Å²) in [6.45, 7) is 2.08. The highest BCUT2D eigenvalue weighted by Gasteiger charge is 1.99. The Morgan fingerprint density at radius 3 is 2.80 bits per heavy atom. The molecule has 0 bridgehead atoms. The third-order valence-corrected chi connectivity index (χ3v) is 2.70. The molecule has 15 heavy (non-hydrogen) atoms. The number of hydrogen-bond donors (Lipinski definition) is 1. The van der Waals surface area contributed by atoms with Crippen molar-refractivity contribution in [1.29, 1.82) is 0 Å². The van der Waals surface area contributed by atoms with Gasteiger partial charge in [-0.1, -0.05) is 0 Å². The quantitative estimate of drug-likeness (QED) is 0.866. The first-order valence-corrected chi connectivity index (χ1v) is 5.63. The van der Waals surface area contributed by atoms with Crippen LogP contribution in [0.15, 0.2) is 36.8 Å². The second-order valence-electron chi connectivity index (χ2n) is 3.18. The minimum absolute atomic E-state index is 0.814. The summed E-state index contributed by atoms with van der Waals surface area (Å²) in [4.78, 5) is 7.98. The number of anilines is 2. The Kier molecular flexibility index (Phi) is 3.15. The molecular formula is C11H10IN3. The van der Waals surface area contributed by atoms with Crippen LogP contribution in [-0.4, -0.2) is 9.97 Å². The number of aromatic nitrogens is 2. The van der Waals surface area contributed by atoms with Crippen molar-refractivity contribution in [3.8, 4) is 0 Å². The first-order chi connectivity index (χ1) is 7.25. The van der Waals surface area contributed by atoms with Crippen LogP contribution >= 0.6 is 22.6 Å². The maximum Gasteiger partial charge on any atom is 0.133 e. The lowest BCUT2D eigenvalue weighted by Gasteiger charge is -2.08. The van der Waals surface area contributed by atoms with Gasteiger partial charge in [-0.15, -0.1) is 0 Å². The molecule has 4 heteroatoms. The maximum atomic E-state index is 4.11. The van der Waals surface area contributed by atoms with Gasteiger partial charge in [0.1, 0.15) is 12.1 Å². The molecule has 0 spiro atoms. The van der Waals surface area contributed by atoms with E-state index in [0.717, 1.165) is 11.5 Å². The van der Waals surface area contributed by atoms with Crippen molar-refractivity contribution in [1.82, 2.24) is 9.97 Å². The lowest BCUT2D eigenvalue weighted by Crippen LogP contribution is -1.95. The molecule has 0 amide bonds. The number of rotatable bonds is 2. The summed E-state index contributed by atoms with van der Waals surface area (Å²) in [5.41, 5.74) is 2.29. The van der Waals surface area contributed by atoms with E-state index in [4.69, 9.17) is 0 Å². The van der Waals surface area contributed by atoms with Gasteiger partial charge in [0.25, 0.3) is 0 Å². The van der Waals surface area contributed by atoms with Gasteiger partial charge in [-0.2, -0.15) is 0 Å². The van der Waals surface area contributed by atoms with E-state index in [1.165, 1.54) is 15.5 Å². The number of nitrogens with one attached hydrogen (secondary N) is 1. The topological polar surface area (TPSA) is 37.8 Å². The fourth-order valence-electron chi connectivity index (χ4n) is 1.27. The third kappa shape index (κ3) is 2.65. The largest absolute Gasteiger partial charge is 0.340 e. The molecule has 2 aromatic rings. The molecule has 0 atom stereocenters. The molecule has 3 nitrogen and oxygen atoms in total. The zero-order valence-electron chi connectivity index (χ0n) is 8.24. The minimum Gasteiger partial charge on any atom is -0.340 e. The third-order valence-electron chi connectivity index (χ3n) is 2.03. The predicted octanol–water partition coefficient (Wildman–Crippen LogP) is 3.13. The molecule has 1 N–H and O–H groups in total. The summed E-state index contributed by atoms with van der Waals surface area (Å²) in [5, 5.41) is 3.24. The van der Waals surface area contributed by atoms with Crippen molar-refractivity contribution >= 4 is 34.1 Å². The first kappa shape index (κ1) is 10.4. The monoisotopic (exact) mass is 311 g/mol. The van der Waals surface area contributed by atoms with Gasteiger partial charge in [0.2, 0.25) is 0 Å². The predicted molar refractivity (Wildman–Crippen MR) is 69.2 cm³/mol. The van der Waals surface area contributed by atoms with Crippen molar-refractivity contribution in [2.75, 3.05) is 5.32 Å². The van der Waals surface area contributed by atoms with Crippen molar-refractivity contribution in [3.63, 3.8) is 0 Å². The molecule has 0 radical (unpaired) electrons. The standard InChI is InChI=1S/C11H10IN3/c1-8-6-9(12)2-3-10(8)15-11-4-5-13-7-14-11/h2-7H,1H3,(H,13,14,15). The van der Waals surface area contributed by atoms with Crippen molar-refractivity contribution < 1.29 is 0 Å². The van der Waals surface area contributed by atoms with Crippen LogP contribution in [0.3, 0.4) is 0 Å². The van der Waals surface area contributed by atoms with E-state index in [1.807, 2.05) is 6.07 Å². The van der Waals surface area contributed by atoms with Crippen LogP contribution in [0.5, 0.6) is 0 Å². The highest BCUT2D eigenvalue weighted by molar-refractivity contribution is 14.1. The Bertz CT molecular complexity index is 457. The van der Waals surface area contributed by atoms with Crippen LogP contribution in [-0.2, 0) is 0 Å². The van der Waals surface area contributed by atoms with E-state index in [9.17, 15) is 0 Å². The van der Waals surface area contributed by atoms with E-state index in [-0.39, 0.29) is 0 Å². The molecule has 2 rings (SSSR count). The molecular weight excluding hydrogens is 301 g/mol. The summed E-state index contributed by atoms with van der Waals surface area (Å²) in [5.74, 6) is 0.814. The Labute approximate surface area is 102 Å². The van der Waals surface area contributed by atoms with Crippen LogP contribution in [0.1, 0.15) is 5.56 Å². The molecule has 0 aliphatic heterocycles. The average Bonchev–Trinajstić information content (AvgIpc) is 2.24. The van der Waals surface area contributed by atoms with Gasteiger partial charge in [-0.3, -0.25) is 0 Å². The summed E-state index contributed by atoms with van der Waals surface area (Å²) < 4.78 is 1.23. The molecule has 0 saturated heterocycles. The van der Waals surface area contributed by atoms with Crippen molar-refractivity contribution in [2.45, 2.75) is 6.92 Å². The van der Waals surface area contributed by atoms with E-state index in [1.54, 1.807) is 6.20 Å². The molecule has 1 heterocycles. The zero-order valence-corrected chi connectivity index (χ0v) is 10.4. The average molecular weight is 311 g/mol. The van der Waals surface area contributed by atoms with Gasteiger partial charge < -0.3 is 5.32 Å². The second kappa shape index (κ2) is 4.57. The van der Waals surface area contributed by atoms with Crippen LogP contribution in [0.4, 0.5) is 11.5 Å². The van der Waals surface area contributed by atoms with E-state index < -0.39 is 0 Å². The van der Waals surface area contributed by atoms with Gasteiger partial charge in [0.05, 0.1) is 0 Å². The van der Waals surface area contributed by atoms with Crippen LogP contribution in [0, 0.1) is 10.5 Å². The van der Waals surface area contributed by atoms with Gasteiger partial charge >= 0.3 is 0 Å². The lowest BCUT2D eigenvalue weighted by molar-refractivity contribution is 1.16. The minimum atomic E-state index is 0.814. The fourth-order valence-corrected chi connectivity index (χ4v) is 1.92. The number of nitrogens with zero attached hydrogens (tertiary/aromatic N) is 2. The molecule has 76 valence electrons. The number of benzene rings is 1. The van der Waals surface area contributed by atoms with Crippen LogP contribution in [0.2, 0.25) is 0 Å². The molecule has 0 aliphatic rings. The molecule has 1 aromatic heterocycles. The number of hydrogen-bond acceptors (Lipinski definition) is 3. The van der Waals surface area contributed by atoms with Gasteiger partial charge in [0.15, 0.2) is 0 Å². The molecule has 1 aromatic carbocycles. The Morgan fingerprint density at radius 2 is 2.13 bits per heavy atom. The fraction of sp³-hybridized carbons (Fsp3) is 0.0909. The Morgan fingerprint density at radius 1 is 1.27 bits per heavy atom. The van der Waals surface area contributed by atoms with Crippen LogP contribution < -0.4 is 5.32 Å². The SMILES string of the molecule is Cc1cc(I)ccc1Nc1ccncn1. The summed E-state index contributed by atoms with van der Waals surface area (Å²) >= 11 is 2.30. The van der Waals surface area contributed by atoms with Gasteiger partial charge in [0, 0.05) is 15.5 Å². The molecule has 0 fully saturated rings. The van der Waals surface area contributed by atoms with Crippen molar-refractivity contribution in [2.24, 2.45) is 0 Å². The van der Waals surface area contributed by atoms with E-state index in [2.05, 4.69) is 63.0 Å². The normalized spacial score (nSPS) is 10.0. The lowest BCUT2D eigenvalue weighted by atomic mass is 10.2. The zero-order chi connectivity index (χ0) is 10.7. The summed E-state index contributed by atoms with van der Waals surface area (Å²) in [6.07, 6.45) is 3.25. The van der Waals surface area contributed by atoms with Gasteiger partial charge in [-0.05, 0) is 59.3 Å².